The molecule has 160 valence electrons. The normalized spacial score (nSPS) is 22.2. The summed E-state index contributed by atoms with van der Waals surface area (Å²) >= 11 is 0. The standard InChI is InChI=1S/C23H20N6O3/c1-2-13-11-25-12-17-19(13)29(21(26-17)18-20(24)28-32-27-18)14-7-9-23(10-8-14)16-6-4-3-5-15(16)22(30)31-23/h2-6,11-12,14H,1,7-10H2,(H2,24,28). The van der Waals surface area contributed by atoms with Gasteiger partial charge in [-0.25, -0.2) is 14.4 Å². The number of nitrogens with zero attached hydrogens (tertiary/aromatic N) is 5. The lowest BCUT2D eigenvalue weighted by Gasteiger charge is -2.37. The fraction of sp³-hybridized carbons (Fsp3) is 0.261. The van der Waals surface area contributed by atoms with E-state index in [0.29, 0.717) is 29.9 Å². The summed E-state index contributed by atoms with van der Waals surface area (Å²) in [6, 6.07) is 7.76. The molecule has 2 N–H and O–H groups in total. The van der Waals surface area contributed by atoms with Gasteiger partial charge in [-0.15, -0.1) is 0 Å². The molecule has 1 aliphatic carbocycles. The number of ether oxygens (including phenoxy) is 1. The van der Waals surface area contributed by atoms with Crippen LogP contribution in [-0.2, 0) is 10.3 Å². The third-order valence-electron chi connectivity index (χ3n) is 6.62. The van der Waals surface area contributed by atoms with E-state index in [4.69, 9.17) is 20.1 Å². The number of benzene rings is 1. The van der Waals surface area contributed by atoms with Crippen molar-refractivity contribution >= 4 is 28.9 Å². The Labute approximate surface area is 182 Å². The summed E-state index contributed by atoms with van der Waals surface area (Å²) in [7, 11) is 0. The maximum atomic E-state index is 12.5. The minimum Gasteiger partial charge on any atom is -0.451 e. The van der Waals surface area contributed by atoms with E-state index >= 15 is 0 Å². The van der Waals surface area contributed by atoms with Gasteiger partial charge in [0.2, 0.25) is 0 Å². The summed E-state index contributed by atoms with van der Waals surface area (Å²) < 4.78 is 12.9. The van der Waals surface area contributed by atoms with E-state index in [2.05, 4.69) is 26.4 Å². The number of carbonyl (C=O) groups is 1. The number of fused-ring (bicyclic) bond motifs is 3. The van der Waals surface area contributed by atoms with Gasteiger partial charge in [0.25, 0.3) is 0 Å². The van der Waals surface area contributed by atoms with Crippen molar-refractivity contribution in [3.63, 3.8) is 0 Å². The SMILES string of the molecule is C=Cc1cncc2nc(-c3nonc3N)n(C3CCC4(CC3)OC(=O)c3ccccc34)c12. The lowest BCUT2D eigenvalue weighted by atomic mass is 9.77. The molecule has 6 rings (SSSR count). The van der Waals surface area contributed by atoms with Gasteiger partial charge >= 0.3 is 5.97 Å². The Hall–Kier alpha value is -4.01. The average molecular weight is 428 g/mol. The van der Waals surface area contributed by atoms with Gasteiger partial charge in [-0.05, 0) is 42.1 Å². The highest BCUT2D eigenvalue weighted by Gasteiger charge is 2.48. The van der Waals surface area contributed by atoms with E-state index in [1.54, 1.807) is 18.5 Å². The number of nitrogens with two attached hydrogens (primary N) is 1. The van der Waals surface area contributed by atoms with Crippen LogP contribution in [0.4, 0.5) is 5.82 Å². The number of hydrogen-bond donors (Lipinski definition) is 1. The summed E-state index contributed by atoms with van der Waals surface area (Å²) in [6.45, 7) is 3.94. The maximum Gasteiger partial charge on any atom is 0.339 e. The molecule has 3 aromatic heterocycles. The Bertz CT molecular complexity index is 1380. The average Bonchev–Trinajstić information content (AvgIpc) is 3.49. The molecule has 0 radical (unpaired) electrons. The monoisotopic (exact) mass is 428 g/mol. The van der Waals surface area contributed by atoms with Gasteiger partial charge in [0.05, 0.1) is 17.3 Å². The summed E-state index contributed by atoms with van der Waals surface area (Å²) in [5.74, 6) is 0.523. The third kappa shape index (κ3) is 2.54. The zero-order valence-corrected chi connectivity index (χ0v) is 17.2. The first kappa shape index (κ1) is 18.7. The van der Waals surface area contributed by atoms with Crippen LogP contribution in [0.3, 0.4) is 0 Å². The number of anilines is 1. The van der Waals surface area contributed by atoms with Gasteiger partial charge in [-0.1, -0.05) is 30.9 Å². The number of nitrogen functional groups attached to an aromatic ring is 1. The summed E-state index contributed by atoms with van der Waals surface area (Å²) in [5.41, 5.74) is 10.00. The van der Waals surface area contributed by atoms with Crippen LogP contribution in [0.1, 0.15) is 53.2 Å². The van der Waals surface area contributed by atoms with Crippen LogP contribution < -0.4 is 5.73 Å². The van der Waals surface area contributed by atoms with Gasteiger partial charge < -0.3 is 15.0 Å². The van der Waals surface area contributed by atoms with Crippen LogP contribution in [0, 0.1) is 0 Å². The molecule has 4 aromatic rings. The number of carbonyl (C=O) groups excluding carboxylic acids is 1. The Balaban J connectivity index is 1.44. The number of pyridine rings is 1. The zero-order valence-electron chi connectivity index (χ0n) is 17.2. The smallest absolute Gasteiger partial charge is 0.339 e. The molecule has 0 atom stereocenters. The Morgan fingerprint density at radius 1 is 1.19 bits per heavy atom. The largest absolute Gasteiger partial charge is 0.451 e. The van der Waals surface area contributed by atoms with Crippen molar-refractivity contribution in [2.75, 3.05) is 5.73 Å². The van der Waals surface area contributed by atoms with Gasteiger partial charge in [-0.2, -0.15) is 0 Å². The first-order valence-corrected chi connectivity index (χ1v) is 10.5. The van der Waals surface area contributed by atoms with Gasteiger partial charge in [0.1, 0.15) is 11.1 Å². The first-order valence-electron chi connectivity index (χ1n) is 10.5. The summed E-state index contributed by atoms with van der Waals surface area (Å²) in [5, 5.41) is 7.72. The number of imidazole rings is 1. The van der Waals surface area contributed by atoms with Crippen molar-refractivity contribution in [1.82, 2.24) is 24.8 Å². The highest BCUT2D eigenvalue weighted by Crippen LogP contribution is 2.50. The molecular formula is C23H20N6O3. The molecule has 0 amide bonds. The maximum absolute atomic E-state index is 12.5. The zero-order chi connectivity index (χ0) is 21.9. The van der Waals surface area contributed by atoms with Crippen LogP contribution >= 0.6 is 0 Å². The number of rotatable bonds is 3. The molecule has 4 heterocycles. The van der Waals surface area contributed by atoms with E-state index in [1.807, 2.05) is 24.3 Å². The fourth-order valence-electron chi connectivity index (χ4n) is 5.14. The molecule has 32 heavy (non-hydrogen) atoms. The second-order valence-electron chi connectivity index (χ2n) is 8.26. The Kier molecular flexibility index (Phi) is 3.95. The molecule has 1 saturated carbocycles. The molecule has 0 saturated heterocycles. The molecule has 0 bridgehead atoms. The molecular weight excluding hydrogens is 408 g/mol. The second-order valence-corrected chi connectivity index (χ2v) is 8.26. The lowest BCUT2D eigenvalue weighted by molar-refractivity contribution is -0.0344. The van der Waals surface area contributed by atoms with Gasteiger partial charge in [0.15, 0.2) is 17.3 Å². The minimum absolute atomic E-state index is 0.0873. The molecule has 2 aliphatic rings. The highest BCUT2D eigenvalue weighted by molar-refractivity contribution is 5.94. The predicted molar refractivity (Wildman–Crippen MR) is 116 cm³/mol. The fourth-order valence-corrected chi connectivity index (χ4v) is 5.14. The van der Waals surface area contributed by atoms with E-state index in [-0.39, 0.29) is 17.8 Å². The van der Waals surface area contributed by atoms with Crippen molar-refractivity contribution in [2.45, 2.75) is 37.3 Å². The predicted octanol–water partition coefficient (Wildman–Crippen LogP) is 3.89. The first-order chi connectivity index (χ1) is 15.6. The highest BCUT2D eigenvalue weighted by atomic mass is 16.6. The van der Waals surface area contributed by atoms with E-state index in [1.165, 1.54) is 0 Å². The number of hydrogen-bond acceptors (Lipinski definition) is 8. The van der Waals surface area contributed by atoms with Crippen LogP contribution in [0.15, 0.2) is 47.9 Å². The van der Waals surface area contributed by atoms with E-state index in [9.17, 15) is 4.79 Å². The molecule has 0 unspecified atom stereocenters. The van der Waals surface area contributed by atoms with Gasteiger partial charge in [0, 0.05) is 23.4 Å². The van der Waals surface area contributed by atoms with Crippen molar-refractivity contribution < 1.29 is 14.2 Å². The molecule has 9 nitrogen and oxygen atoms in total. The molecule has 1 spiro atoms. The lowest BCUT2D eigenvalue weighted by Crippen LogP contribution is -2.33. The third-order valence-corrected chi connectivity index (χ3v) is 6.62. The van der Waals surface area contributed by atoms with Crippen molar-refractivity contribution in [3.05, 3.63) is 59.9 Å². The molecule has 1 fully saturated rings. The van der Waals surface area contributed by atoms with Gasteiger partial charge in [-0.3, -0.25) is 4.98 Å². The molecule has 1 aliphatic heterocycles. The Morgan fingerprint density at radius 2 is 2.00 bits per heavy atom. The van der Waals surface area contributed by atoms with Crippen molar-refractivity contribution in [3.8, 4) is 11.5 Å². The van der Waals surface area contributed by atoms with E-state index in [0.717, 1.165) is 35.0 Å². The minimum atomic E-state index is -0.571. The van der Waals surface area contributed by atoms with Crippen LogP contribution in [0.2, 0.25) is 0 Å². The summed E-state index contributed by atoms with van der Waals surface area (Å²) in [4.78, 5) is 21.5. The van der Waals surface area contributed by atoms with Crippen molar-refractivity contribution in [2.24, 2.45) is 0 Å². The Morgan fingerprint density at radius 3 is 2.75 bits per heavy atom. The topological polar surface area (TPSA) is 122 Å². The molecule has 9 heteroatoms. The summed E-state index contributed by atoms with van der Waals surface area (Å²) in [6.07, 6.45) is 8.23. The van der Waals surface area contributed by atoms with Crippen molar-refractivity contribution in [1.29, 1.82) is 0 Å². The van der Waals surface area contributed by atoms with Crippen LogP contribution in [-0.4, -0.2) is 30.8 Å². The number of aromatic nitrogens is 5. The molecule has 1 aromatic carbocycles. The second kappa shape index (κ2) is 6.74. The van der Waals surface area contributed by atoms with E-state index < -0.39 is 5.60 Å². The van der Waals surface area contributed by atoms with Crippen LogP contribution in [0.25, 0.3) is 28.6 Å². The number of esters is 1. The quantitative estimate of drug-likeness (QED) is 0.488. The van der Waals surface area contributed by atoms with Crippen LogP contribution in [0.5, 0.6) is 0 Å².